The van der Waals surface area contributed by atoms with E-state index in [1.54, 1.807) is 0 Å². The van der Waals surface area contributed by atoms with Crippen LogP contribution in [0.4, 0.5) is 0 Å². The van der Waals surface area contributed by atoms with E-state index in [1.165, 1.54) is 38.5 Å². The van der Waals surface area contributed by atoms with Crippen LogP contribution in [0.3, 0.4) is 0 Å². The molecule has 0 radical (unpaired) electrons. The molecule has 0 aliphatic heterocycles. The first kappa shape index (κ1) is 52.6. The van der Waals surface area contributed by atoms with Gasteiger partial charge in [-0.05, 0) is 89.9 Å². The Bertz CT molecular complexity index is 1150. The summed E-state index contributed by atoms with van der Waals surface area (Å²) in [6.45, 7) is 7.36. The molecule has 0 aromatic heterocycles. The highest BCUT2D eigenvalue weighted by Gasteiger charge is 2.17. The summed E-state index contributed by atoms with van der Waals surface area (Å²) < 4.78 is 17.2. The number of allylic oxidation sites excluding steroid dienone is 18. The van der Waals surface area contributed by atoms with Gasteiger partial charge < -0.3 is 14.2 Å². The maximum Gasteiger partial charge on any atom is 0.306 e. The van der Waals surface area contributed by atoms with Gasteiger partial charge in [0.15, 0.2) is 6.10 Å². The summed E-state index contributed by atoms with van der Waals surface area (Å²) in [7, 11) is 0. The van der Waals surface area contributed by atoms with Crippen molar-refractivity contribution in [1.29, 1.82) is 0 Å². The molecular formula is C51H82O5. The zero-order chi connectivity index (χ0) is 40.7. The number of hydrogen-bond donors (Lipinski definition) is 0. The van der Waals surface area contributed by atoms with Gasteiger partial charge in [-0.1, -0.05) is 182 Å². The fourth-order valence-electron chi connectivity index (χ4n) is 5.55. The van der Waals surface area contributed by atoms with Crippen LogP contribution in [-0.2, 0) is 23.8 Å². The first-order valence-electron chi connectivity index (χ1n) is 22.4. The molecule has 1 unspecified atom stereocenters. The standard InChI is InChI=1S/C51H82O5/c1-4-7-10-13-16-19-21-23-25-26-27-28-30-33-35-38-41-44-50(52)55-48-49(56-51(53)45-42-39-36-32-18-15-12-9-6-3)47-54-46-43-40-37-34-31-29-24-22-20-17-14-11-8-5-2/h7-8,10-11,16-17,19-20,23-25,27-29,33-35,37,49H,4-6,9,12-15,18,21-22,26,30-32,36,38-48H2,1-3H3/b10-7-,11-8-,19-16-,20-17-,25-23-,28-27-,29-24-,35-33-,37-34-. The van der Waals surface area contributed by atoms with Gasteiger partial charge in [0.2, 0.25) is 0 Å². The lowest BCUT2D eigenvalue weighted by atomic mass is 10.1. The third kappa shape index (κ3) is 43.3. The predicted molar refractivity (Wildman–Crippen MR) is 242 cm³/mol. The Hall–Kier alpha value is -3.44. The lowest BCUT2D eigenvalue weighted by molar-refractivity contribution is -0.162. The fourth-order valence-corrected chi connectivity index (χ4v) is 5.55. The lowest BCUT2D eigenvalue weighted by Crippen LogP contribution is -2.30. The van der Waals surface area contributed by atoms with Crippen molar-refractivity contribution in [3.05, 3.63) is 109 Å². The van der Waals surface area contributed by atoms with E-state index in [9.17, 15) is 9.59 Å². The van der Waals surface area contributed by atoms with Crippen LogP contribution < -0.4 is 0 Å². The lowest BCUT2D eigenvalue weighted by Gasteiger charge is -2.18. The van der Waals surface area contributed by atoms with Crippen molar-refractivity contribution in [2.75, 3.05) is 19.8 Å². The second kappa shape index (κ2) is 45.9. The maximum atomic E-state index is 12.7. The number of carbonyl (C=O) groups is 2. The van der Waals surface area contributed by atoms with Gasteiger partial charge in [-0.3, -0.25) is 9.59 Å². The average molecular weight is 775 g/mol. The average Bonchev–Trinajstić information content (AvgIpc) is 3.20. The van der Waals surface area contributed by atoms with Gasteiger partial charge in [0.1, 0.15) is 6.61 Å². The summed E-state index contributed by atoms with van der Waals surface area (Å²) in [5, 5.41) is 0. The van der Waals surface area contributed by atoms with Crippen LogP contribution >= 0.6 is 0 Å². The van der Waals surface area contributed by atoms with E-state index in [1.807, 2.05) is 0 Å². The summed E-state index contributed by atoms with van der Waals surface area (Å²) in [4.78, 5) is 25.2. The monoisotopic (exact) mass is 775 g/mol. The molecule has 0 rings (SSSR count). The third-order valence-electron chi connectivity index (χ3n) is 8.80. The molecule has 1 atom stereocenters. The Labute approximate surface area is 344 Å². The zero-order valence-electron chi connectivity index (χ0n) is 36.1. The van der Waals surface area contributed by atoms with Crippen LogP contribution in [0.2, 0.25) is 0 Å². The highest BCUT2D eigenvalue weighted by molar-refractivity contribution is 5.70. The van der Waals surface area contributed by atoms with Crippen molar-refractivity contribution in [2.45, 2.75) is 181 Å². The number of carbonyl (C=O) groups excluding carboxylic acids is 2. The Morgan fingerprint density at radius 3 is 1.27 bits per heavy atom. The number of esters is 2. The third-order valence-corrected chi connectivity index (χ3v) is 8.80. The topological polar surface area (TPSA) is 61.8 Å². The Kier molecular flexibility index (Phi) is 43.1. The molecule has 0 spiro atoms. The van der Waals surface area contributed by atoms with E-state index >= 15 is 0 Å². The number of rotatable bonds is 39. The fraction of sp³-hybridized carbons (Fsp3) is 0.608. The summed E-state index contributed by atoms with van der Waals surface area (Å²) in [6, 6.07) is 0. The van der Waals surface area contributed by atoms with E-state index in [0.717, 1.165) is 103 Å². The number of ether oxygens (including phenoxy) is 3. The van der Waals surface area contributed by atoms with Crippen LogP contribution in [0.5, 0.6) is 0 Å². The maximum absolute atomic E-state index is 12.7. The minimum absolute atomic E-state index is 0.0286. The molecule has 0 aromatic rings. The Morgan fingerprint density at radius 2 is 0.804 bits per heavy atom. The van der Waals surface area contributed by atoms with Crippen LogP contribution in [-0.4, -0.2) is 37.9 Å². The number of hydrogen-bond acceptors (Lipinski definition) is 5. The van der Waals surface area contributed by atoms with E-state index in [4.69, 9.17) is 14.2 Å². The molecule has 5 heteroatoms. The molecule has 0 aliphatic carbocycles. The van der Waals surface area contributed by atoms with Crippen LogP contribution in [0.25, 0.3) is 0 Å². The molecule has 0 heterocycles. The molecule has 56 heavy (non-hydrogen) atoms. The largest absolute Gasteiger partial charge is 0.462 e. The SMILES string of the molecule is CC/C=C\C/C=C\C/C=C\C/C=C\C/C=C\CCCC(=O)OCC(COCCC/C=C\C/C=C\C/C=C\C/C=C\CC)OC(=O)CCCCCCCCCCC. The molecule has 5 nitrogen and oxygen atoms in total. The van der Waals surface area contributed by atoms with Crippen molar-refractivity contribution in [2.24, 2.45) is 0 Å². The van der Waals surface area contributed by atoms with Crippen molar-refractivity contribution < 1.29 is 23.8 Å². The first-order valence-corrected chi connectivity index (χ1v) is 22.4. The minimum Gasteiger partial charge on any atom is -0.462 e. The van der Waals surface area contributed by atoms with Gasteiger partial charge in [-0.2, -0.15) is 0 Å². The van der Waals surface area contributed by atoms with Gasteiger partial charge in [0, 0.05) is 19.4 Å². The molecule has 0 N–H and O–H groups in total. The summed E-state index contributed by atoms with van der Waals surface area (Å²) in [5.74, 6) is -0.507. The van der Waals surface area contributed by atoms with Crippen molar-refractivity contribution in [1.82, 2.24) is 0 Å². The van der Waals surface area contributed by atoms with Gasteiger partial charge in [0.05, 0.1) is 6.61 Å². The zero-order valence-corrected chi connectivity index (χ0v) is 36.1. The van der Waals surface area contributed by atoms with Gasteiger partial charge in [-0.15, -0.1) is 0 Å². The molecule has 0 aromatic carbocycles. The van der Waals surface area contributed by atoms with E-state index < -0.39 is 6.10 Å². The molecule has 0 saturated carbocycles. The quantitative estimate of drug-likeness (QED) is 0.0354. The van der Waals surface area contributed by atoms with Crippen LogP contribution in [0.15, 0.2) is 109 Å². The molecule has 0 bridgehead atoms. The van der Waals surface area contributed by atoms with E-state index in [0.29, 0.717) is 19.4 Å². The molecule has 316 valence electrons. The summed E-state index contributed by atoms with van der Waals surface area (Å²) in [6.07, 6.45) is 62.5. The normalized spacial score (nSPS) is 13.3. The van der Waals surface area contributed by atoms with Crippen molar-refractivity contribution in [3.63, 3.8) is 0 Å². The van der Waals surface area contributed by atoms with Crippen LogP contribution in [0.1, 0.15) is 175 Å². The minimum atomic E-state index is -0.589. The predicted octanol–water partition coefficient (Wildman–Crippen LogP) is 14.9. The first-order chi connectivity index (χ1) is 27.6. The second-order valence-corrected chi connectivity index (χ2v) is 14.2. The van der Waals surface area contributed by atoms with Crippen molar-refractivity contribution >= 4 is 11.9 Å². The number of unbranched alkanes of at least 4 members (excludes halogenated alkanes) is 10. The van der Waals surface area contributed by atoms with Crippen molar-refractivity contribution in [3.8, 4) is 0 Å². The highest BCUT2D eigenvalue weighted by Crippen LogP contribution is 2.12. The van der Waals surface area contributed by atoms with Gasteiger partial charge in [0.25, 0.3) is 0 Å². The van der Waals surface area contributed by atoms with Gasteiger partial charge in [-0.25, -0.2) is 0 Å². The molecular weight excluding hydrogens is 693 g/mol. The Balaban J connectivity index is 4.42. The van der Waals surface area contributed by atoms with Gasteiger partial charge >= 0.3 is 11.9 Å². The summed E-state index contributed by atoms with van der Waals surface area (Å²) >= 11 is 0. The molecule has 0 saturated heterocycles. The smallest absolute Gasteiger partial charge is 0.306 e. The van der Waals surface area contributed by atoms with Crippen LogP contribution in [0, 0.1) is 0 Å². The highest BCUT2D eigenvalue weighted by atomic mass is 16.6. The second-order valence-electron chi connectivity index (χ2n) is 14.2. The molecule has 0 fully saturated rings. The summed E-state index contributed by atoms with van der Waals surface area (Å²) in [5.41, 5.74) is 0. The van der Waals surface area contributed by atoms with E-state index in [2.05, 4.69) is 130 Å². The molecule has 0 aliphatic rings. The van der Waals surface area contributed by atoms with E-state index in [-0.39, 0.29) is 25.2 Å². The molecule has 0 amide bonds. The Morgan fingerprint density at radius 1 is 0.411 bits per heavy atom.